The van der Waals surface area contributed by atoms with Gasteiger partial charge >= 0.3 is 12.1 Å². The molecule has 1 rings (SSSR count). The van der Waals surface area contributed by atoms with Gasteiger partial charge in [-0.25, -0.2) is 0 Å². The first-order valence-corrected chi connectivity index (χ1v) is 7.10. The van der Waals surface area contributed by atoms with E-state index in [0.717, 1.165) is 18.2 Å². The number of alkyl halides is 6. The van der Waals surface area contributed by atoms with Gasteiger partial charge in [0.1, 0.15) is 5.75 Å². The zero-order valence-electron chi connectivity index (χ0n) is 9.72. The molecule has 9 heteroatoms. The molecule has 0 aromatic heterocycles. The largest absolute Gasteiger partial charge is 0.446 e. The zero-order chi connectivity index (χ0) is 15.3. The van der Waals surface area contributed by atoms with Gasteiger partial charge in [0, 0.05) is 22.2 Å². The monoisotopic (exact) mass is 378 g/mol. The third-order valence-corrected chi connectivity index (χ3v) is 3.08. The lowest BCUT2D eigenvalue weighted by Crippen LogP contribution is -2.06. The molecule has 0 bridgehead atoms. The molecule has 0 heterocycles. The van der Waals surface area contributed by atoms with Gasteiger partial charge < -0.3 is 4.74 Å². The smallest absolute Gasteiger partial charge is 0.435 e. The highest BCUT2D eigenvalue weighted by molar-refractivity contribution is 9.09. The molecule has 2 nitrogen and oxygen atoms in total. The fourth-order valence-electron chi connectivity index (χ4n) is 1.33. The maximum absolute atomic E-state index is 12.3. The van der Waals surface area contributed by atoms with Crippen LogP contribution in [-0.4, -0.2) is 23.2 Å². The quantitative estimate of drug-likeness (QED) is 0.305. The first kappa shape index (κ1) is 17.2. The molecule has 0 amide bonds. The van der Waals surface area contributed by atoms with Gasteiger partial charge in [-0.05, 0) is 30.0 Å². The van der Waals surface area contributed by atoms with E-state index >= 15 is 0 Å². The maximum Gasteiger partial charge on any atom is 0.446 e. The second-order valence-corrected chi connectivity index (χ2v) is 5.41. The van der Waals surface area contributed by atoms with Crippen LogP contribution in [0.3, 0.4) is 0 Å². The number of halogens is 6. The number of carbonyl (C=O) groups is 1. The molecular weight excluding hydrogens is 371 g/mol. The summed E-state index contributed by atoms with van der Waals surface area (Å²) in [6.45, 7) is -3.18. The van der Waals surface area contributed by atoms with Crippen molar-refractivity contribution in [2.75, 3.05) is 5.33 Å². The van der Waals surface area contributed by atoms with Gasteiger partial charge in [0.05, 0.1) is 0 Å². The number of Topliss-reactive ketones (excluding diaryl/α,β-unsaturated/α-hetero) is 1. The molecule has 1 aromatic carbocycles. The average molecular weight is 379 g/mol. The van der Waals surface area contributed by atoms with Crippen molar-refractivity contribution in [2.24, 2.45) is 0 Å². The molecule has 0 atom stereocenters. The van der Waals surface area contributed by atoms with Crippen LogP contribution in [0.5, 0.6) is 5.75 Å². The second kappa shape index (κ2) is 7.26. The summed E-state index contributed by atoms with van der Waals surface area (Å²) in [5.74, 6) is -0.946. The standard InChI is InChI=1S/C11H8BrF5O2S/c12-2-1-9(18)6-3-7(19-10(13)14)5-8(4-6)20-11(15,16)17/h3-5,10H,1-2H2. The Morgan fingerprint density at radius 1 is 1.30 bits per heavy atom. The summed E-state index contributed by atoms with van der Waals surface area (Å²) in [7, 11) is 0. The molecule has 112 valence electrons. The highest BCUT2D eigenvalue weighted by Crippen LogP contribution is 2.39. The van der Waals surface area contributed by atoms with E-state index in [-0.39, 0.29) is 16.9 Å². The van der Waals surface area contributed by atoms with Crippen molar-refractivity contribution in [1.82, 2.24) is 0 Å². The molecule has 0 radical (unpaired) electrons. The highest BCUT2D eigenvalue weighted by atomic mass is 79.9. The summed E-state index contributed by atoms with van der Waals surface area (Å²) in [6, 6.07) is 2.81. The molecule has 0 saturated carbocycles. The van der Waals surface area contributed by atoms with E-state index in [1.807, 2.05) is 0 Å². The summed E-state index contributed by atoms with van der Waals surface area (Å²) in [6.07, 6.45) is 0.0360. The minimum absolute atomic E-state index is 0.0360. The van der Waals surface area contributed by atoms with Crippen molar-refractivity contribution in [3.63, 3.8) is 0 Å². The summed E-state index contributed by atoms with van der Waals surface area (Å²) >= 11 is 2.52. The van der Waals surface area contributed by atoms with Gasteiger partial charge in [0.15, 0.2) is 5.78 Å². The zero-order valence-corrected chi connectivity index (χ0v) is 12.1. The fraction of sp³-hybridized carbons (Fsp3) is 0.364. The molecule has 1 aromatic rings. The summed E-state index contributed by atoms with van der Waals surface area (Å²) in [5, 5.41) is 0.313. The molecule has 0 unspecified atom stereocenters. The molecule has 0 saturated heterocycles. The number of rotatable bonds is 6. The first-order chi connectivity index (χ1) is 9.21. The van der Waals surface area contributed by atoms with E-state index in [1.54, 1.807) is 0 Å². The van der Waals surface area contributed by atoms with Gasteiger partial charge in [-0.3, -0.25) is 4.79 Å². The number of ether oxygens (including phenoxy) is 1. The molecule has 0 N–H and O–H groups in total. The number of benzene rings is 1. The van der Waals surface area contributed by atoms with Gasteiger partial charge in [-0.2, -0.15) is 22.0 Å². The molecule has 0 aliphatic heterocycles. The lowest BCUT2D eigenvalue weighted by atomic mass is 10.1. The Hall–Kier alpha value is -0.830. The predicted octanol–water partition coefficient (Wildman–Crippen LogP) is 4.87. The van der Waals surface area contributed by atoms with E-state index in [4.69, 9.17) is 0 Å². The Morgan fingerprint density at radius 3 is 2.45 bits per heavy atom. The van der Waals surface area contributed by atoms with Gasteiger partial charge in [-0.15, -0.1) is 0 Å². The van der Waals surface area contributed by atoms with Crippen LogP contribution in [0, 0.1) is 0 Å². The average Bonchev–Trinajstić information content (AvgIpc) is 2.25. The highest BCUT2D eigenvalue weighted by Gasteiger charge is 2.30. The van der Waals surface area contributed by atoms with Crippen LogP contribution in [0.2, 0.25) is 0 Å². The minimum atomic E-state index is -4.58. The first-order valence-electron chi connectivity index (χ1n) is 5.16. The maximum atomic E-state index is 12.3. The van der Waals surface area contributed by atoms with Crippen LogP contribution in [-0.2, 0) is 0 Å². The van der Waals surface area contributed by atoms with Crippen LogP contribution in [0.4, 0.5) is 22.0 Å². The SMILES string of the molecule is O=C(CCBr)c1cc(OC(F)F)cc(SC(F)(F)F)c1. The lowest BCUT2D eigenvalue weighted by Gasteiger charge is -2.11. The number of thioether (sulfide) groups is 1. The Bertz CT molecular complexity index is 478. The Morgan fingerprint density at radius 2 is 1.95 bits per heavy atom. The summed E-state index contributed by atoms with van der Waals surface area (Å²) in [5.41, 5.74) is -4.69. The molecule has 0 spiro atoms. The molecule has 20 heavy (non-hydrogen) atoms. The lowest BCUT2D eigenvalue weighted by molar-refractivity contribution is -0.0500. The van der Waals surface area contributed by atoms with Crippen LogP contribution in [0.25, 0.3) is 0 Å². The van der Waals surface area contributed by atoms with Crippen molar-refractivity contribution in [2.45, 2.75) is 23.4 Å². The molecule has 0 aliphatic carbocycles. The van der Waals surface area contributed by atoms with E-state index in [9.17, 15) is 26.7 Å². The summed E-state index contributed by atoms with van der Waals surface area (Å²) in [4.78, 5) is 11.3. The van der Waals surface area contributed by atoms with E-state index in [0.29, 0.717) is 5.33 Å². The van der Waals surface area contributed by atoms with Crippen LogP contribution in [0.1, 0.15) is 16.8 Å². The van der Waals surface area contributed by atoms with E-state index in [1.165, 1.54) is 0 Å². The van der Waals surface area contributed by atoms with Crippen molar-refractivity contribution < 1.29 is 31.5 Å². The summed E-state index contributed by atoms with van der Waals surface area (Å²) < 4.78 is 65.2. The van der Waals surface area contributed by atoms with Gasteiger partial charge in [-0.1, -0.05) is 15.9 Å². The Balaban J connectivity index is 3.10. The Labute approximate surface area is 123 Å². The predicted molar refractivity (Wildman–Crippen MR) is 67.7 cm³/mol. The van der Waals surface area contributed by atoms with Crippen LogP contribution < -0.4 is 4.74 Å². The van der Waals surface area contributed by atoms with Crippen LogP contribution in [0.15, 0.2) is 23.1 Å². The van der Waals surface area contributed by atoms with Crippen molar-refractivity contribution in [3.05, 3.63) is 23.8 Å². The van der Waals surface area contributed by atoms with E-state index in [2.05, 4.69) is 20.7 Å². The number of hydrogen-bond donors (Lipinski definition) is 0. The van der Waals surface area contributed by atoms with Crippen molar-refractivity contribution in [3.8, 4) is 5.75 Å². The van der Waals surface area contributed by atoms with Crippen molar-refractivity contribution >= 4 is 33.5 Å². The number of carbonyl (C=O) groups excluding carboxylic acids is 1. The topological polar surface area (TPSA) is 26.3 Å². The Kier molecular flexibility index (Phi) is 6.25. The second-order valence-electron chi connectivity index (χ2n) is 3.48. The van der Waals surface area contributed by atoms with Crippen molar-refractivity contribution in [1.29, 1.82) is 0 Å². The fourth-order valence-corrected chi connectivity index (χ4v) is 2.31. The minimum Gasteiger partial charge on any atom is -0.435 e. The van der Waals surface area contributed by atoms with Gasteiger partial charge in [0.25, 0.3) is 0 Å². The molecular formula is C11H8BrF5O2S. The molecule has 0 fully saturated rings. The third kappa shape index (κ3) is 6.08. The third-order valence-electron chi connectivity index (χ3n) is 1.98. The van der Waals surface area contributed by atoms with E-state index < -0.39 is 35.4 Å². The van der Waals surface area contributed by atoms with Crippen LogP contribution >= 0.6 is 27.7 Å². The van der Waals surface area contributed by atoms with Gasteiger partial charge in [0.2, 0.25) is 0 Å². The number of ketones is 1. The molecule has 0 aliphatic rings. The number of hydrogen-bond acceptors (Lipinski definition) is 3. The normalized spacial score (nSPS) is 11.8.